The maximum absolute atomic E-state index is 12.0. The SMILES string of the molecule is COCCN(CC(=O)O)C(=O)NC1CCC(C)(C)C1. The Labute approximate surface area is 114 Å². The van der Waals surface area contributed by atoms with Gasteiger partial charge in [-0.15, -0.1) is 0 Å². The molecule has 1 saturated carbocycles. The highest BCUT2D eigenvalue weighted by molar-refractivity contribution is 5.80. The summed E-state index contributed by atoms with van der Waals surface area (Å²) in [5.41, 5.74) is 0.252. The summed E-state index contributed by atoms with van der Waals surface area (Å²) >= 11 is 0. The molecular weight excluding hydrogens is 248 g/mol. The average Bonchev–Trinajstić information content (AvgIpc) is 2.63. The zero-order valence-electron chi connectivity index (χ0n) is 11.9. The molecule has 19 heavy (non-hydrogen) atoms. The van der Waals surface area contributed by atoms with E-state index in [0.29, 0.717) is 6.61 Å². The number of carbonyl (C=O) groups is 2. The van der Waals surface area contributed by atoms with Crippen LogP contribution < -0.4 is 5.32 Å². The predicted octanol–water partition coefficient (Wildman–Crippen LogP) is 1.31. The lowest BCUT2D eigenvalue weighted by Gasteiger charge is -2.24. The Morgan fingerprint density at radius 2 is 2.16 bits per heavy atom. The van der Waals surface area contributed by atoms with E-state index < -0.39 is 5.97 Å². The third-order valence-electron chi connectivity index (χ3n) is 3.47. The number of urea groups is 1. The van der Waals surface area contributed by atoms with Crippen LogP contribution in [0.25, 0.3) is 0 Å². The average molecular weight is 272 g/mol. The fourth-order valence-corrected chi connectivity index (χ4v) is 2.44. The third kappa shape index (κ3) is 5.46. The number of carboxylic acids is 1. The highest BCUT2D eigenvalue weighted by Gasteiger charge is 2.32. The molecule has 0 saturated heterocycles. The van der Waals surface area contributed by atoms with Gasteiger partial charge in [-0.1, -0.05) is 13.8 Å². The van der Waals surface area contributed by atoms with Gasteiger partial charge in [0.25, 0.3) is 0 Å². The molecule has 110 valence electrons. The van der Waals surface area contributed by atoms with Gasteiger partial charge in [0.1, 0.15) is 6.54 Å². The van der Waals surface area contributed by atoms with Crippen LogP contribution in [0.2, 0.25) is 0 Å². The zero-order valence-corrected chi connectivity index (χ0v) is 11.9. The first-order valence-corrected chi connectivity index (χ1v) is 6.60. The van der Waals surface area contributed by atoms with Crippen molar-refractivity contribution in [3.63, 3.8) is 0 Å². The molecular formula is C13H24N2O4. The van der Waals surface area contributed by atoms with E-state index in [1.54, 1.807) is 0 Å². The minimum Gasteiger partial charge on any atom is -0.480 e. The second kappa shape index (κ2) is 6.75. The van der Waals surface area contributed by atoms with Crippen molar-refractivity contribution in [2.45, 2.75) is 39.2 Å². The summed E-state index contributed by atoms with van der Waals surface area (Å²) in [6.07, 6.45) is 2.96. The molecule has 0 heterocycles. The minimum atomic E-state index is -1.02. The van der Waals surface area contributed by atoms with E-state index in [0.717, 1.165) is 19.3 Å². The summed E-state index contributed by atoms with van der Waals surface area (Å²) in [4.78, 5) is 24.1. The molecule has 1 unspecified atom stereocenters. The van der Waals surface area contributed by atoms with Gasteiger partial charge in [-0.05, 0) is 24.7 Å². The summed E-state index contributed by atoms with van der Waals surface area (Å²) in [6, 6.07) is -0.177. The Bertz CT molecular complexity index is 331. The number of rotatable bonds is 6. The standard InChI is InChI=1S/C13H24N2O4/c1-13(2)5-4-10(8-13)14-12(18)15(6-7-19-3)9-11(16)17/h10H,4-9H2,1-3H3,(H,14,18)(H,16,17). The van der Waals surface area contributed by atoms with E-state index in [4.69, 9.17) is 9.84 Å². The molecule has 6 nitrogen and oxygen atoms in total. The molecule has 0 spiro atoms. The predicted molar refractivity (Wildman–Crippen MR) is 71.0 cm³/mol. The van der Waals surface area contributed by atoms with Crippen molar-refractivity contribution < 1.29 is 19.4 Å². The highest BCUT2D eigenvalue weighted by atomic mass is 16.5. The number of hydrogen-bond acceptors (Lipinski definition) is 3. The molecule has 0 aromatic heterocycles. The van der Waals surface area contributed by atoms with Gasteiger partial charge in [-0.3, -0.25) is 4.79 Å². The molecule has 2 N–H and O–H groups in total. The first-order chi connectivity index (χ1) is 8.84. The Balaban J connectivity index is 2.49. The smallest absolute Gasteiger partial charge is 0.323 e. The van der Waals surface area contributed by atoms with Gasteiger partial charge in [-0.2, -0.15) is 0 Å². The normalized spacial score (nSPS) is 21.1. The quantitative estimate of drug-likeness (QED) is 0.764. The van der Waals surface area contributed by atoms with Crippen molar-refractivity contribution in [3.8, 4) is 0 Å². The highest BCUT2D eigenvalue weighted by Crippen LogP contribution is 2.36. The van der Waals surface area contributed by atoms with E-state index >= 15 is 0 Å². The van der Waals surface area contributed by atoms with Gasteiger partial charge in [0.15, 0.2) is 0 Å². The summed E-state index contributed by atoms with van der Waals surface area (Å²) < 4.78 is 4.89. The van der Waals surface area contributed by atoms with Crippen LogP contribution >= 0.6 is 0 Å². The Kier molecular flexibility index (Phi) is 5.60. The molecule has 0 aromatic rings. The number of methoxy groups -OCH3 is 1. The topological polar surface area (TPSA) is 78.9 Å². The molecule has 2 amide bonds. The molecule has 1 atom stereocenters. The third-order valence-corrected chi connectivity index (χ3v) is 3.47. The number of hydrogen-bond donors (Lipinski definition) is 2. The lowest BCUT2D eigenvalue weighted by molar-refractivity contribution is -0.137. The van der Waals surface area contributed by atoms with Crippen molar-refractivity contribution in [1.82, 2.24) is 10.2 Å². The summed E-state index contributed by atoms with van der Waals surface area (Å²) in [7, 11) is 1.52. The summed E-state index contributed by atoms with van der Waals surface area (Å²) in [5.74, 6) is -1.02. The number of carbonyl (C=O) groups excluding carboxylic acids is 1. The number of aliphatic carboxylic acids is 1. The maximum atomic E-state index is 12.0. The van der Waals surface area contributed by atoms with E-state index in [-0.39, 0.29) is 30.6 Å². The van der Waals surface area contributed by atoms with Crippen LogP contribution in [0.5, 0.6) is 0 Å². The van der Waals surface area contributed by atoms with Crippen molar-refractivity contribution >= 4 is 12.0 Å². The lowest BCUT2D eigenvalue weighted by atomic mass is 9.92. The van der Waals surface area contributed by atoms with Crippen LogP contribution in [0.3, 0.4) is 0 Å². The van der Waals surface area contributed by atoms with Gasteiger partial charge in [0.2, 0.25) is 0 Å². The molecule has 1 aliphatic carbocycles. The zero-order chi connectivity index (χ0) is 14.5. The Hall–Kier alpha value is -1.30. The molecule has 0 bridgehead atoms. The van der Waals surface area contributed by atoms with Crippen LogP contribution in [0.15, 0.2) is 0 Å². The molecule has 6 heteroatoms. The second-order valence-corrected chi connectivity index (χ2v) is 5.86. The van der Waals surface area contributed by atoms with Crippen LogP contribution in [-0.2, 0) is 9.53 Å². The van der Waals surface area contributed by atoms with Crippen molar-refractivity contribution in [2.75, 3.05) is 26.8 Å². The number of ether oxygens (including phenoxy) is 1. The van der Waals surface area contributed by atoms with Crippen molar-refractivity contribution in [2.24, 2.45) is 5.41 Å². The van der Waals surface area contributed by atoms with E-state index in [9.17, 15) is 9.59 Å². The first kappa shape index (κ1) is 15.8. The summed E-state index contributed by atoms with van der Waals surface area (Å²) in [6.45, 7) is 4.67. The molecule has 1 fully saturated rings. The van der Waals surface area contributed by atoms with E-state index in [1.807, 2.05) is 0 Å². The number of carboxylic acid groups (broad SMARTS) is 1. The summed E-state index contributed by atoms with van der Waals surface area (Å²) in [5, 5.41) is 11.7. The largest absolute Gasteiger partial charge is 0.480 e. The van der Waals surface area contributed by atoms with Crippen LogP contribution in [-0.4, -0.2) is 54.9 Å². The number of nitrogens with one attached hydrogen (secondary N) is 1. The van der Waals surface area contributed by atoms with Gasteiger partial charge in [0.05, 0.1) is 6.61 Å². The number of nitrogens with zero attached hydrogens (tertiary/aromatic N) is 1. The minimum absolute atomic E-state index is 0.140. The molecule has 1 rings (SSSR count). The van der Waals surface area contributed by atoms with Crippen molar-refractivity contribution in [3.05, 3.63) is 0 Å². The van der Waals surface area contributed by atoms with Crippen LogP contribution in [0.1, 0.15) is 33.1 Å². The molecule has 1 aliphatic rings. The van der Waals surface area contributed by atoms with Gasteiger partial charge < -0.3 is 20.1 Å². The molecule has 0 aromatic carbocycles. The number of amides is 2. The van der Waals surface area contributed by atoms with Crippen molar-refractivity contribution in [1.29, 1.82) is 0 Å². The maximum Gasteiger partial charge on any atom is 0.323 e. The van der Waals surface area contributed by atoms with Crippen LogP contribution in [0, 0.1) is 5.41 Å². The fourth-order valence-electron chi connectivity index (χ4n) is 2.44. The fraction of sp³-hybridized carbons (Fsp3) is 0.846. The first-order valence-electron chi connectivity index (χ1n) is 6.60. The van der Waals surface area contributed by atoms with Gasteiger partial charge in [-0.25, -0.2) is 4.79 Å². The van der Waals surface area contributed by atoms with E-state index in [1.165, 1.54) is 12.0 Å². The molecule has 0 aliphatic heterocycles. The Morgan fingerprint density at radius 1 is 1.47 bits per heavy atom. The second-order valence-electron chi connectivity index (χ2n) is 5.86. The van der Waals surface area contributed by atoms with Gasteiger partial charge >= 0.3 is 12.0 Å². The lowest BCUT2D eigenvalue weighted by Crippen LogP contribution is -2.47. The Morgan fingerprint density at radius 3 is 2.63 bits per heavy atom. The monoisotopic (exact) mass is 272 g/mol. The van der Waals surface area contributed by atoms with Gasteiger partial charge in [0, 0.05) is 19.7 Å². The van der Waals surface area contributed by atoms with E-state index in [2.05, 4.69) is 19.2 Å². The van der Waals surface area contributed by atoms with Crippen LogP contribution in [0.4, 0.5) is 4.79 Å². The molecule has 0 radical (unpaired) electrons.